The van der Waals surface area contributed by atoms with Crippen LogP contribution in [0.4, 0.5) is 10.5 Å². The second-order valence-electron chi connectivity index (χ2n) is 3.33. The van der Waals surface area contributed by atoms with Crippen molar-refractivity contribution in [2.75, 3.05) is 6.54 Å². The summed E-state index contributed by atoms with van der Waals surface area (Å²) in [6.07, 6.45) is 1.74. The Hall–Kier alpha value is -2.44. The van der Waals surface area contributed by atoms with Crippen molar-refractivity contribution < 1.29 is 14.5 Å². The highest BCUT2D eigenvalue weighted by Crippen LogP contribution is 2.18. The second-order valence-corrected chi connectivity index (χ2v) is 3.33. The number of hydrogen-bond donors (Lipinski definition) is 0. The zero-order valence-electron chi connectivity index (χ0n) is 8.78. The average molecular weight is 235 g/mol. The number of amides is 1. The van der Waals surface area contributed by atoms with Crippen molar-refractivity contribution in [2.45, 2.75) is 6.42 Å². The van der Waals surface area contributed by atoms with Gasteiger partial charge in [-0.25, -0.2) is 4.79 Å². The first-order valence-corrected chi connectivity index (χ1v) is 4.93. The normalized spacial score (nSPS) is 13.8. The maximum atomic E-state index is 11.5. The third-order valence-electron chi connectivity index (χ3n) is 2.15. The number of non-ortho nitro benzene ring substituents is 1. The van der Waals surface area contributed by atoms with Gasteiger partial charge in [0.05, 0.1) is 11.5 Å². The molecule has 1 aromatic carbocycles. The molecule has 17 heavy (non-hydrogen) atoms. The van der Waals surface area contributed by atoms with Gasteiger partial charge in [0.25, 0.3) is 5.69 Å². The van der Waals surface area contributed by atoms with Crippen molar-refractivity contribution in [1.82, 2.24) is 5.01 Å². The molecule has 88 valence electrons. The van der Waals surface area contributed by atoms with Gasteiger partial charge < -0.3 is 4.74 Å². The van der Waals surface area contributed by atoms with Crippen molar-refractivity contribution in [3.05, 3.63) is 34.4 Å². The predicted octanol–water partition coefficient (Wildman–Crippen LogP) is 1.79. The van der Waals surface area contributed by atoms with Crippen LogP contribution in [0.3, 0.4) is 0 Å². The highest BCUT2D eigenvalue weighted by atomic mass is 16.6. The predicted molar refractivity (Wildman–Crippen MR) is 58.9 cm³/mol. The minimum atomic E-state index is -0.590. The summed E-state index contributed by atoms with van der Waals surface area (Å²) in [7, 11) is 0. The zero-order chi connectivity index (χ0) is 12.3. The molecule has 0 atom stereocenters. The van der Waals surface area contributed by atoms with Gasteiger partial charge in [0.1, 0.15) is 5.75 Å². The molecule has 0 aliphatic carbocycles. The van der Waals surface area contributed by atoms with E-state index in [1.807, 2.05) is 0 Å². The maximum absolute atomic E-state index is 11.5. The minimum absolute atomic E-state index is 0.0519. The molecular formula is C10H9N3O4. The standard InChI is InChI=1S/C10H9N3O4/c14-10(12-7-1-6-11-12)17-9-4-2-8(3-5-9)13(15)16/h2-6H,1,7H2. The van der Waals surface area contributed by atoms with Crippen LogP contribution in [-0.2, 0) is 0 Å². The van der Waals surface area contributed by atoms with Gasteiger partial charge in [-0.1, -0.05) is 0 Å². The topological polar surface area (TPSA) is 85.0 Å². The van der Waals surface area contributed by atoms with Crippen LogP contribution in [0.15, 0.2) is 29.4 Å². The lowest BCUT2D eigenvalue weighted by atomic mass is 10.3. The van der Waals surface area contributed by atoms with Gasteiger partial charge in [0.15, 0.2) is 0 Å². The summed E-state index contributed by atoms with van der Waals surface area (Å²) in [6.45, 7) is 0.492. The van der Waals surface area contributed by atoms with Gasteiger partial charge >= 0.3 is 6.09 Å². The zero-order valence-corrected chi connectivity index (χ0v) is 8.78. The van der Waals surface area contributed by atoms with Crippen LogP contribution >= 0.6 is 0 Å². The number of ether oxygens (including phenoxy) is 1. The Kier molecular flexibility index (Phi) is 2.99. The summed E-state index contributed by atoms with van der Waals surface area (Å²) in [4.78, 5) is 21.4. The molecule has 0 saturated carbocycles. The Morgan fingerprint density at radius 3 is 2.65 bits per heavy atom. The van der Waals surface area contributed by atoms with E-state index < -0.39 is 11.0 Å². The number of nitrogens with zero attached hydrogens (tertiary/aromatic N) is 3. The van der Waals surface area contributed by atoms with E-state index in [1.165, 1.54) is 29.3 Å². The number of carbonyl (C=O) groups excluding carboxylic acids is 1. The van der Waals surface area contributed by atoms with Crippen molar-refractivity contribution in [3.63, 3.8) is 0 Å². The van der Waals surface area contributed by atoms with E-state index in [2.05, 4.69) is 5.10 Å². The van der Waals surface area contributed by atoms with E-state index >= 15 is 0 Å². The Morgan fingerprint density at radius 1 is 1.41 bits per heavy atom. The lowest BCUT2D eigenvalue weighted by Crippen LogP contribution is -2.26. The summed E-state index contributed by atoms with van der Waals surface area (Å²) in [5.74, 6) is 0.253. The van der Waals surface area contributed by atoms with Crippen molar-refractivity contribution >= 4 is 18.0 Å². The number of nitro benzene ring substituents is 1. The van der Waals surface area contributed by atoms with Crippen LogP contribution in [0.25, 0.3) is 0 Å². The molecule has 1 aliphatic rings. The Labute approximate surface area is 96.4 Å². The molecular weight excluding hydrogens is 226 g/mol. The molecule has 1 aromatic rings. The first kappa shape index (κ1) is 11.1. The van der Waals surface area contributed by atoms with Crippen molar-refractivity contribution in [2.24, 2.45) is 5.10 Å². The minimum Gasteiger partial charge on any atom is -0.409 e. The quantitative estimate of drug-likeness (QED) is 0.577. The number of hydrazone groups is 1. The number of benzene rings is 1. The molecule has 7 nitrogen and oxygen atoms in total. The summed E-state index contributed by atoms with van der Waals surface area (Å²) in [5.41, 5.74) is -0.0519. The molecule has 0 N–H and O–H groups in total. The highest BCUT2D eigenvalue weighted by molar-refractivity contribution is 5.74. The highest BCUT2D eigenvalue weighted by Gasteiger charge is 2.17. The number of nitro groups is 1. The van der Waals surface area contributed by atoms with E-state index in [9.17, 15) is 14.9 Å². The van der Waals surface area contributed by atoms with Crippen LogP contribution in [-0.4, -0.2) is 28.8 Å². The Bertz CT molecular complexity index is 469. The van der Waals surface area contributed by atoms with E-state index in [-0.39, 0.29) is 11.4 Å². The third-order valence-corrected chi connectivity index (χ3v) is 2.15. The fourth-order valence-electron chi connectivity index (χ4n) is 1.32. The smallest absolute Gasteiger partial charge is 0.409 e. The van der Waals surface area contributed by atoms with Crippen LogP contribution in [0.2, 0.25) is 0 Å². The largest absolute Gasteiger partial charge is 0.435 e. The number of carbonyl (C=O) groups is 1. The summed E-state index contributed by atoms with van der Waals surface area (Å²) in [6, 6.07) is 5.29. The van der Waals surface area contributed by atoms with Crippen LogP contribution in [0.5, 0.6) is 5.75 Å². The van der Waals surface area contributed by atoms with Crippen LogP contribution < -0.4 is 4.74 Å². The molecule has 1 aliphatic heterocycles. The van der Waals surface area contributed by atoms with Crippen molar-refractivity contribution in [3.8, 4) is 5.75 Å². The Morgan fingerprint density at radius 2 is 2.12 bits per heavy atom. The summed E-state index contributed by atoms with van der Waals surface area (Å²) in [5, 5.41) is 15.4. The maximum Gasteiger partial charge on any atom is 0.435 e. The van der Waals surface area contributed by atoms with E-state index in [0.29, 0.717) is 13.0 Å². The second kappa shape index (κ2) is 4.60. The molecule has 1 heterocycles. The van der Waals surface area contributed by atoms with Crippen molar-refractivity contribution in [1.29, 1.82) is 0 Å². The molecule has 0 aromatic heterocycles. The van der Waals surface area contributed by atoms with Gasteiger partial charge in [-0.2, -0.15) is 10.1 Å². The van der Waals surface area contributed by atoms with E-state index in [1.54, 1.807) is 6.21 Å². The Balaban J connectivity index is 2.01. The first-order chi connectivity index (χ1) is 8.16. The first-order valence-electron chi connectivity index (χ1n) is 4.93. The van der Waals surface area contributed by atoms with Gasteiger partial charge in [-0.3, -0.25) is 10.1 Å². The van der Waals surface area contributed by atoms with E-state index in [4.69, 9.17) is 4.74 Å². The number of rotatable bonds is 2. The monoisotopic (exact) mass is 235 g/mol. The summed E-state index contributed by atoms with van der Waals surface area (Å²) >= 11 is 0. The van der Waals surface area contributed by atoms with Gasteiger partial charge in [-0.15, -0.1) is 0 Å². The SMILES string of the molecule is O=C(Oc1ccc([N+](=O)[O-])cc1)N1CCC=N1. The average Bonchev–Trinajstić information content (AvgIpc) is 2.83. The molecule has 0 unspecified atom stereocenters. The molecule has 0 bridgehead atoms. The lowest BCUT2D eigenvalue weighted by molar-refractivity contribution is -0.384. The van der Waals surface area contributed by atoms with Crippen LogP contribution in [0, 0.1) is 10.1 Å². The fourth-order valence-corrected chi connectivity index (χ4v) is 1.32. The van der Waals surface area contributed by atoms with Gasteiger partial charge in [-0.05, 0) is 12.1 Å². The molecule has 2 rings (SSSR count). The lowest BCUT2D eigenvalue weighted by Gasteiger charge is -2.11. The molecule has 7 heteroatoms. The fraction of sp³-hybridized carbons (Fsp3) is 0.200. The molecule has 0 spiro atoms. The molecule has 0 radical (unpaired) electrons. The van der Waals surface area contributed by atoms with Gasteiger partial charge in [0, 0.05) is 24.8 Å². The molecule has 1 amide bonds. The third kappa shape index (κ3) is 2.57. The molecule has 0 fully saturated rings. The summed E-state index contributed by atoms with van der Waals surface area (Å²) < 4.78 is 4.98. The number of hydrogen-bond acceptors (Lipinski definition) is 5. The molecule has 0 saturated heterocycles. The van der Waals surface area contributed by atoms with Crippen LogP contribution in [0.1, 0.15) is 6.42 Å². The van der Waals surface area contributed by atoms with E-state index in [0.717, 1.165) is 0 Å². The van der Waals surface area contributed by atoms with Gasteiger partial charge in [0.2, 0.25) is 0 Å².